The number of fused-ring (bicyclic) bond motifs is 1. The highest BCUT2D eigenvalue weighted by molar-refractivity contribution is 5.68. The van der Waals surface area contributed by atoms with Crippen molar-refractivity contribution in [1.82, 2.24) is 9.88 Å². The molecule has 0 saturated heterocycles. The van der Waals surface area contributed by atoms with Crippen LogP contribution in [0.2, 0.25) is 0 Å². The van der Waals surface area contributed by atoms with Gasteiger partial charge >= 0.3 is 0 Å². The molecule has 5 heteroatoms. The number of ether oxygens (including phenoxy) is 2. The first kappa shape index (κ1) is 17.5. The van der Waals surface area contributed by atoms with Crippen LogP contribution < -0.4 is 9.47 Å². The minimum Gasteiger partial charge on any atom is -0.493 e. The number of pyridine rings is 1. The van der Waals surface area contributed by atoms with E-state index >= 15 is 0 Å². The molecule has 0 radical (unpaired) electrons. The van der Waals surface area contributed by atoms with E-state index in [0.717, 1.165) is 40.3 Å². The van der Waals surface area contributed by atoms with Crippen LogP contribution in [0.5, 0.6) is 11.5 Å². The van der Waals surface area contributed by atoms with E-state index in [0.29, 0.717) is 19.7 Å². The minimum absolute atomic E-state index is 0.209. The Balaban J connectivity index is 1.66. The summed E-state index contributed by atoms with van der Waals surface area (Å²) in [7, 11) is 1.65. The van der Waals surface area contributed by atoms with Crippen molar-refractivity contribution < 1.29 is 13.9 Å². The maximum Gasteiger partial charge on any atom is 0.165 e. The highest BCUT2D eigenvalue weighted by Crippen LogP contribution is 2.38. The van der Waals surface area contributed by atoms with E-state index in [2.05, 4.69) is 16.0 Å². The molecule has 1 aromatic heterocycles. The summed E-state index contributed by atoms with van der Waals surface area (Å²) >= 11 is 0. The average Bonchev–Trinajstić information content (AvgIpc) is 2.89. The van der Waals surface area contributed by atoms with Gasteiger partial charge in [-0.25, -0.2) is 4.39 Å². The summed E-state index contributed by atoms with van der Waals surface area (Å²) in [4.78, 5) is 6.47. The minimum atomic E-state index is -0.209. The molecule has 138 valence electrons. The van der Waals surface area contributed by atoms with Crippen molar-refractivity contribution >= 4 is 0 Å². The predicted molar refractivity (Wildman–Crippen MR) is 102 cm³/mol. The van der Waals surface area contributed by atoms with Crippen LogP contribution in [0.3, 0.4) is 0 Å². The number of hydrogen-bond donors (Lipinski definition) is 0. The standard InChI is InChI=1S/C22H21FN2O2/c1-26-21-12-18(17-5-3-7-24-13-17)11-19-15-25(8-9-27-22(19)21)14-16-4-2-6-20(23)10-16/h2-7,10-13H,8-9,14-15H2,1H3. The van der Waals surface area contributed by atoms with Gasteiger partial charge in [-0.15, -0.1) is 0 Å². The van der Waals surface area contributed by atoms with Gasteiger partial charge in [0.25, 0.3) is 0 Å². The molecule has 4 rings (SSSR count). The van der Waals surface area contributed by atoms with Crippen LogP contribution in [-0.4, -0.2) is 30.1 Å². The molecule has 0 N–H and O–H groups in total. The van der Waals surface area contributed by atoms with Crippen LogP contribution in [0, 0.1) is 5.82 Å². The van der Waals surface area contributed by atoms with Crippen molar-refractivity contribution in [2.45, 2.75) is 13.1 Å². The number of methoxy groups -OCH3 is 1. The third-order valence-electron chi connectivity index (χ3n) is 4.69. The van der Waals surface area contributed by atoms with Crippen molar-refractivity contribution in [3.05, 3.63) is 77.9 Å². The third-order valence-corrected chi connectivity index (χ3v) is 4.69. The fourth-order valence-corrected chi connectivity index (χ4v) is 3.42. The zero-order valence-electron chi connectivity index (χ0n) is 15.2. The second-order valence-corrected chi connectivity index (χ2v) is 6.60. The summed E-state index contributed by atoms with van der Waals surface area (Å²) in [5.41, 5.74) is 4.07. The molecule has 0 unspecified atom stereocenters. The van der Waals surface area contributed by atoms with Gasteiger partial charge < -0.3 is 9.47 Å². The molecular weight excluding hydrogens is 343 g/mol. The van der Waals surface area contributed by atoms with Crippen LogP contribution in [-0.2, 0) is 13.1 Å². The highest BCUT2D eigenvalue weighted by Gasteiger charge is 2.20. The van der Waals surface area contributed by atoms with E-state index in [4.69, 9.17) is 9.47 Å². The highest BCUT2D eigenvalue weighted by atomic mass is 19.1. The molecule has 4 nitrogen and oxygen atoms in total. The van der Waals surface area contributed by atoms with Gasteiger partial charge in [0.05, 0.1) is 7.11 Å². The molecule has 0 aliphatic carbocycles. The van der Waals surface area contributed by atoms with Gasteiger partial charge in [0, 0.05) is 43.2 Å². The van der Waals surface area contributed by atoms with E-state index in [1.54, 1.807) is 25.4 Å². The Morgan fingerprint density at radius 1 is 1.15 bits per heavy atom. The fourth-order valence-electron chi connectivity index (χ4n) is 3.42. The zero-order valence-corrected chi connectivity index (χ0v) is 15.2. The smallest absolute Gasteiger partial charge is 0.165 e. The molecule has 1 aliphatic rings. The lowest BCUT2D eigenvalue weighted by molar-refractivity contribution is 0.216. The lowest BCUT2D eigenvalue weighted by Crippen LogP contribution is -2.25. The first-order valence-electron chi connectivity index (χ1n) is 8.94. The first-order chi connectivity index (χ1) is 13.2. The normalized spacial score (nSPS) is 14.1. The summed E-state index contributed by atoms with van der Waals surface area (Å²) in [6.45, 7) is 2.69. The topological polar surface area (TPSA) is 34.6 Å². The molecule has 0 atom stereocenters. The lowest BCUT2D eigenvalue weighted by atomic mass is 10.0. The summed E-state index contributed by atoms with van der Waals surface area (Å²) < 4.78 is 25.1. The van der Waals surface area contributed by atoms with Crippen molar-refractivity contribution in [2.24, 2.45) is 0 Å². The van der Waals surface area contributed by atoms with Gasteiger partial charge in [-0.05, 0) is 41.5 Å². The fraction of sp³-hybridized carbons (Fsp3) is 0.227. The Labute approximate surface area is 158 Å². The Morgan fingerprint density at radius 3 is 2.85 bits per heavy atom. The quantitative estimate of drug-likeness (QED) is 0.692. The van der Waals surface area contributed by atoms with Crippen LogP contribution in [0.25, 0.3) is 11.1 Å². The summed E-state index contributed by atoms with van der Waals surface area (Å²) in [5, 5.41) is 0. The molecule has 0 saturated carbocycles. The first-order valence-corrected chi connectivity index (χ1v) is 8.94. The van der Waals surface area contributed by atoms with Crippen molar-refractivity contribution in [1.29, 1.82) is 0 Å². The molecule has 0 fully saturated rings. The van der Waals surface area contributed by atoms with Crippen molar-refractivity contribution in [3.63, 3.8) is 0 Å². The maximum atomic E-state index is 13.5. The van der Waals surface area contributed by atoms with Gasteiger partial charge in [0.15, 0.2) is 11.5 Å². The number of hydrogen-bond acceptors (Lipinski definition) is 4. The largest absolute Gasteiger partial charge is 0.493 e. The van der Waals surface area contributed by atoms with E-state index < -0.39 is 0 Å². The maximum absolute atomic E-state index is 13.5. The average molecular weight is 364 g/mol. The molecule has 3 aromatic rings. The monoisotopic (exact) mass is 364 g/mol. The Morgan fingerprint density at radius 2 is 2.07 bits per heavy atom. The summed E-state index contributed by atoms with van der Waals surface area (Å²) in [5.74, 6) is 1.30. The van der Waals surface area contributed by atoms with E-state index in [9.17, 15) is 4.39 Å². The van der Waals surface area contributed by atoms with E-state index in [1.165, 1.54) is 6.07 Å². The van der Waals surface area contributed by atoms with Gasteiger partial charge in [0.1, 0.15) is 12.4 Å². The Kier molecular flexibility index (Phi) is 5.03. The molecule has 27 heavy (non-hydrogen) atoms. The molecule has 0 amide bonds. The number of aromatic nitrogens is 1. The molecule has 0 spiro atoms. The Hall–Kier alpha value is -2.92. The Bertz CT molecular complexity index is 931. The second kappa shape index (κ2) is 7.76. The second-order valence-electron chi connectivity index (χ2n) is 6.60. The molecule has 0 bridgehead atoms. The summed E-state index contributed by atoms with van der Waals surface area (Å²) in [6.07, 6.45) is 3.59. The number of halogens is 1. The van der Waals surface area contributed by atoms with E-state index in [-0.39, 0.29) is 5.82 Å². The molecule has 2 aromatic carbocycles. The number of benzene rings is 2. The van der Waals surface area contributed by atoms with Gasteiger partial charge in [-0.2, -0.15) is 0 Å². The number of rotatable bonds is 4. The van der Waals surface area contributed by atoms with Gasteiger partial charge in [-0.1, -0.05) is 18.2 Å². The summed E-state index contributed by atoms with van der Waals surface area (Å²) in [6, 6.07) is 14.8. The third kappa shape index (κ3) is 3.93. The van der Waals surface area contributed by atoms with E-state index in [1.807, 2.05) is 30.5 Å². The lowest BCUT2D eigenvalue weighted by Gasteiger charge is -2.20. The molecule has 2 heterocycles. The zero-order chi connectivity index (χ0) is 18.6. The molecular formula is C22H21FN2O2. The SMILES string of the molecule is COc1cc(-c2cccnc2)cc2c1OCCN(Cc1cccc(F)c1)C2. The van der Waals surface area contributed by atoms with Gasteiger partial charge in [-0.3, -0.25) is 9.88 Å². The van der Waals surface area contributed by atoms with Crippen molar-refractivity contribution in [2.75, 3.05) is 20.3 Å². The van der Waals surface area contributed by atoms with Crippen LogP contribution in [0.4, 0.5) is 4.39 Å². The van der Waals surface area contributed by atoms with Crippen LogP contribution in [0.15, 0.2) is 60.9 Å². The predicted octanol–water partition coefficient (Wildman–Crippen LogP) is 4.29. The van der Waals surface area contributed by atoms with Gasteiger partial charge in [0.2, 0.25) is 0 Å². The van der Waals surface area contributed by atoms with Crippen LogP contribution in [0.1, 0.15) is 11.1 Å². The number of nitrogens with zero attached hydrogens (tertiary/aromatic N) is 2. The molecule has 1 aliphatic heterocycles. The van der Waals surface area contributed by atoms with Crippen molar-refractivity contribution in [3.8, 4) is 22.6 Å². The van der Waals surface area contributed by atoms with Crippen LogP contribution >= 0.6 is 0 Å².